The van der Waals surface area contributed by atoms with Gasteiger partial charge in [0.25, 0.3) is 0 Å². The van der Waals surface area contributed by atoms with Gasteiger partial charge in [0.15, 0.2) is 11.6 Å². The van der Waals surface area contributed by atoms with Gasteiger partial charge >= 0.3 is 0 Å². The van der Waals surface area contributed by atoms with Crippen molar-refractivity contribution in [3.63, 3.8) is 0 Å². The van der Waals surface area contributed by atoms with E-state index in [2.05, 4.69) is 19.0 Å². The fourth-order valence-corrected chi connectivity index (χ4v) is 3.51. The van der Waals surface area contributed by atoms with Gasteiger partial charge in [-0.2, -0.15) is 0 Å². The molecule has 1 heterocycles. The van der Waals surface area contributed by atoms with Crippen molar-refractivity contribution in [3.8, 4) is 11.1 Å². The lowest BCUT2D eigenvalue weighted by molar-refractivity contribution is 0.269. The Kier molecular flexibility index (Phi) is 3.44. The van der Waals surface area contributed by atoms with E-state index in [-0.39, 0.29) is 22.2 Å². The first-order chi connectivity index (χ1) is 9.92. The topological polar surface area (TPSA) is 52.0 Å². The first-order valence-corrected chi connectivity index (χ1v) is 7.49. The first kappa shape index (κ1) is 14.4. The summed E-state index contributed by atoms with van der Waals surface area (Å²) in [4.78, 5) is 0. The van der Waals surface area contributed by atoms with Crippen molar-refractivity contribution < 1.29 is 8.91 Å². The Morgan fingerprint density at radius 3 is 2.86 bits per heavy atom. The number of nitrogen functional groups attached to an aromatic ring is 1. The summed E-state index contributed by atoms with van der Waals surface area (Å²) in [5, 5.41) is 3.94. The number of rotatable bonds is 2. The largest absolute Gasteiger partial charge is 0.380 e. The van der Waals surface area contributed by atoms with Crippen LogP contribution in [0.2, 0.25) is 5.02 Å². The summed E-state index contributed by atoms with van der Waals surface area (Å²) in [5.74, 6) is 0.604. The van der Waals surface area contributed by atoms with Gasteiger partial charge in [0.05, 0.1) is 10.6 Å². The molecule has 0 saturated heterocycles. The Hall–Kier alpha value is -1.55. The highest BCUT2D eigenvalue weighted by Gasteiger charge is 2.40. The smallest absolute Gasteiger partial charge is 0.175 e. The lowest BCUT2D eigenvalue weighted by Gasteiger charge is -2.25. The van der Waals surface area contributed by atoms with Crippen LogP contribution >= 0.6 is 11.6 Å². The van der Waals surface area contributed by atoms with Gasteiger partial charge in [0, 0.05) is 11.5 Å². The molecule has 0 spiro atoms. The van der Waals surface area contributed by atoms with Crippen LogP contribution < -0.4 is 5.73 Å². The van der Waals surface area contributed by atoms with Gasteiger partial charge in [-0.25, -0.2) is 4.39 Å². The zero-order valence-electron chi connectivity index (χ0n) is 12.1. The second-order valence-electron chi connectivity index (χ2n) is 6.34. The second kappa shape index (κ2) is 5.02. The van der Waals surface area contributed by atoms with Crippen LogP contribution in [-0.4, -0.2) is 5.16 Å². The van der Waals surface area contributed by atoms with Crippen molar-refractivity contribution in [3.05, 3.63) is 34.8 Å². The van der Waals surface area contributed by atoms with Gasteiger partial charge < -0.3 is 10.3 Å². The van der Waals surface area contributed by atoms with Gasteiger partial charge in [-0.15, -0.1) is 0 Å². The molecule has 1 aliphatic rings. The van der Waals surface area contributed by atoms with E-state index in [9.17, 15) is 4.39 Å². The molecule has 1 aromatic carbocycles. The van der Waals surface area contributed by atoms with Crippen molar-refractivity contribution in [2.75, 3.05) is 5.73 Å². The summed E-state index contributed by atoms with van der Waals surface area (Å²) >= 11 is 5.88. The highest BCUT2D eigenvalue weighted by atomic mass is 35.5. The summed E-state index contributed by atoms with van der Waals surface area (Å²) in [7, 11) is 0. The Morgan fingerprint density at radius 1 is 1.43 bits per heavy atom. The summed E-state index contributed by atoms with van der Waals surface area (Å²) < 4.78 is 19.8. The molecule has 1 atom stereocenters. The van der Waals surface area contributed by atoms with Crippen molar-refractivity contribution in [2.24, 2.45) is 5.41 Å². The maximum absolute atomic E-state index is 14.3. The molecule has 112 valence electrons. The fourth-order valence-electron chi connectivity index (χ4n) is 3.33. The molecule has 1 aliphatic carbocycles. The van der Waals surface area contributed by atoms with Crippen molar-refractivity contribution >= 4 is 17.4 Å². The molecule has 0 radical (unpaired) electrons. The summed E-state index contributed by atoms with van der Waals surface area (Å²) in [6, 6.07) is 4.88. The average Bonchev–Trinajstić information content (AvgIpc) is 2.95. The molecular formula is C16H18ClFN2O. The van der Waals surface area contributed by atoms with Crippen LogP contribution in [0.5, 0.6) is 0 Å². The monoisotopic (exact) mass is 308 g/mol. The quantitative estimate of drug-likeness (QED) is 0.848. The minimum atomic E-state index is -0.480. The number of hydrogen-bond donors (Lipinski definition) is 1. The zero-order valence-corrected chi connectivity index (χ0v) is 12.9. The van der Waals surface area contributed by atoms with Crippen LogP contribution in [0, 0.1) is 11.2 Å². The van der Waals surface area contributed by atoms with E-state index in [0.29, 0.717) is 16.9 Å². The van der Waals surface area contributed by atoms with Gasteiger partial charge in [-0.3, -0.25) is 0 Å². The highest BCUT2D eigenvalue weighted by Crippen LogP contribution is 2.52. The number of hydrogen-bond acceptors (Lipinski definition) is 3. The van der Waals surface area contributed by atoms with Gasteiger partial charge in [-0.05, 0) is 24.3 Å². The molecule has 1 fully saturated rings. The lowest BCUT2D eigenvalue weighted by atomic mass is 9.79. The molecule has 3 rings (SSSR count). The third-order valence-corrected chi connectivity index (χ3v) is 4.83. The Morgan fingerprint density at radius 2 is 2.19 bits per heavy atom. The molecule has 1 aromatic heterocycles. The number of halogens is 2. The van der Waals surface area contributed by atoms with Crippen LogP contribution in [-0.2, 0) is 0 Å². The van der Waals surface area contributed by atoms with Gasteiger partial charge in [0.1, 0.15) is 5.82 Å². The Balaban J connectivity index is 2.16. The van der Waals surface area contributed by atoms with E-state index in [0.717, 1.165) is 19.3 Å². The van der Waals surface area contributed by atoms with Gasteiger partial charge in [-0.1, -0.05) is 49.2 Å². The first-order valence-electron chi connectivity index (χ1n) is 7.11. The minimum absolute atomic E-state index is 0.0738. The van der Waals surface area contributed by atoms with E-state index < -0.39 is 5.82 Å². The van der Waals surface area contributed by atoms with E-state index in [4.69, 9.17) is 21.9 Å². The van der Waals surface area contributed by atoms with Crippen molar-refractivity contribution in [1.82, 2.24) is 5.16 Å². The van der Waals surface area contributed by atoms with Crippen LogP contribution in [0.1, 0.15) is 44.8 Å². The number of nitrogens with zero attached hydrogens (tertiary/aromatic N) is 1. The molecule has 3 nitrogen and oxygen atoms in total. The summed E-state index contributed by atoms with van der Waals surface area (Å²) in [6.07, 6.45) is 3.22. The molecular weight excluding hydrogens is 291 g/mol. The fraction of sp³-hybridized carbons (Fsp3) is 0.438. The maximum Gasteiger partial charge on any atom is 0.175 e. The number of anilines is 1. The summed E-state index contributed by atoms with van der Waals surface area (Å²) in [6.45, 7) is 4.39. The normalized spacial score (nSPS) is 20.9. The van der Waals surface area contributed by atoms with Crippen LogP contribution in [0.25, 0.3) is 11.1 Å². The van der Waals surface area contributed by atoms with Crippen molar-refractivity contribution in [2.45, 2.75) is 39.0 Å². The number of nitrogens with two attached hydrogens (primary N) is 1. The summed E-state index contributed by atoms with van der Waals surface area (Å²) in [5.41, 5.74) is 6.94. The lowest BCUT2D eigenvalue weighted by Crippen LogP contribution is -2.15. The third kappa shape index (κ3) is 2.31. The molecule has 1 saturated carbocycles. The zero-order chi connectivity index (χ0) is 15.2. The predicted molar refractivity (Wildman–Crippen MR) is 81.7 cm³/mol. The molecule has 0 aliphatic heterocycles. The molecule has 21 heavy (non-hydrogen) atoms. The van der Waals surface area contributed by atoms with E-state index in [1.165, 1.54) is 6.07 Å². The molecule has 0 amide bonds. The number of benzene rings is 1. The molecule has 1 unspecified atom stereocenters. The standard InChI is InChI=1S/C16H18ClFN2O/c1-16(2)8-4-6-10(16)14-12(15(19)20-21-14)9-5-3-7-11(17)13(9)18/h3,5,7,10H,4,6,8H2,1-2H3,(H2,19,20). The van der Waals surface area contributed by atoms with Crippen LogP contribution in [0.15, 0.2) is 22.7 Å². The van der Waals surface area contributed by atoms with Crippen LogP contribution in [0.4, 0.5) is 10.2 Å². The second-order valence-corrected chi connectivity index (χ2v) is 6.75. The minimum Gasteiger partial charge on any atom is -0.380 e. The van der Waals surface area contributed by atoms with E-state index >= 15 is 0 Å². The van der Waals surface area contributed by atoms with Crippen molar-refractivity contribution in [1.29, 1.82) is 0 Å². The van der Waals surface area contributed by atoms with Crippen LogP contribution in [0.3, 0.4) is 0 Å². The molecule has 2 aromatic rings. The molecule has 0 bridgehead atoms. The predicted octanol–water partition coefficient (Wildman–Crippen LogP) is 5.01. The Bertz CT molecular complexity index is 681. The molecule has 5 heteroatoms. The van der Waals surface area contributed by atoms with Gasteiger partial charge in [0.2, 0.25) is 0 Å². The van der Waals surface area contributed by atoms with E-state index in [1.54, 1.807) is 12.1 Å². The highest BCUT2D eigenvalue weighted by molar-refractivity contribution is 6.31. The number of aromatic nitrogens is 1. The van der Waals surface area contributed by atoms with E-state index in [1.807, 2.05) is 0 Å². The molecule has 2 N–H and O–H groups in total. The maximum atomic E-state index is 14.3. The average molecular weight is 309 g/mol. The third-order valence-electron chi connectivity index (χ3n) is 4.54. The SMILES string of the molecule is CC1(C)CCCC1c1onc(N)c1-c1cccc(Cl)c1F. The Labute approximate surface area is 128 Å².